The van der Waals surface area contributed by atoms with Crippen molar-refractivity contribution in [3.05, 3.63) is 0 Å². The average Bonchev–Trinajstić information content (AvgIpc) is 3.05. The van der Waals surface area contributed by atoms with Crippen LogP contribution in [0.3, 0.4) is 0 Å². The number of nitrogens with two attached hydrogens (primary N) is 2. The molecule has 0 fully saturated rings. The van der Waals surface area contributed by atoms with Crippen LogP contribution >= 0.6 is 0 Å². The van der Waals surface area contributed by atoms with Crippen molar-refractivity contribution in [2.75, 3.05) is 19.8 Å². The Morgan fingerprint density at radius 3 is 1.35 bits per heavy atom. The van der Waals surface area contributed by atoms with Crippen LogP contribution in [0.1, 0.15) is 194 Å². The van der Waals surface area contributed by atoms with Gasteiger partial charge >= 0.3 is 11.9 Å². The third-order valence-corrected chi connectivity index (χ3v) is 8.78. The predicted octanol–water partition coefficient (Wildman–Crippen LogP) is 8.81. The Balaban J connectivity index is 4.30. The van der Waals surface area contributed by atoms with Crippen molar-refractivity contribution in [1.29, 1.82) is 0 Å². The smallest absolute Gasteiger partial charge is 0.329 e. The number of ether oxygens (including phenoxy) is 2. The van der Waals surface area contributed by atoms with Crippen LogP contribution < -0.4 is 16.8 Å². The molecule has 0 aliphatic carbocycles. The summed E-state index contributed by atoms with van der Waals surface area (Å²) in [5.74, 6) is -1.57. The van der Waals surface area contributed by atoms with Crippen molar-refractivity contribution in [3.8, 4) is 0 Å². The van der Waals surface area contributed by atoms with Crippen molar-refractivity contribution in [2.45, 2.75) is 206 Å². The molecule has 0 bridgehead atoms. The Morgan fingerprint density at radius 1 is 0.543 bits per heavy atom. The fraction of sp³-hybridized carbons (Fsp3) is 0.921. The molecule has 0 aliphatic rings. The molecular formula is C38H75N3O5. The summed E-state index contributed by atoms with van der Waals surface area (Å²) in [7, 11) is 0. The van der Waals surface area contributed by atoms with Crippen molar-refractivity contribution in [2.24, 2.45) is 11.5 Å². The molecule has 5 N–H and O–H groups in total. The normalized spacial score (nSPS) is 12.5. The zero-order chi connectivity index (χ0) is 33.9. The van der Waals surface area contributed by atoms with E-state index in [2.05, 4.69) is 19.2 Å². The van der Waals surface area contributed by atoms with Crippen LogP contribution in [-0.4, -0.2) is 49.7 Å². The lowest BCUT2D eigenvalue weighted by Gasteiger charge is -2.19. The van der Waals surface area contributed by atoms with Gasteiger partial charge in [-0.1, -0.05) is 162 Å². The molecule has 272 valence electrons. The Kier molecular flexibility index (Phi) is 33.4. The summed E-state index contributed by atoms with van der Waals surface area (Å²) in [6.07, 6.45) is 31.2. The molecule has 2 atom stereocenters. The molecule has 0 aromatic carbocycles. The summed E-state index contributed by atoms with van der Waals surface area (Å²) in [4.78, 5) is 38.2. The van der Waals surface area contributed by atoms with Gasteiger partial charge < -0.3 is 26.3 Å². The number of hydrogen-bond acceptors (Lipinski definition) is 7. The zero-order valence-corrected chi connectivity index (χ0v) is 30.3. The fourth-order valence-corrected chi connectivity index (χ4v) is 5.68. The highest BCUT2D eigenvalue weighted by Gasteiger charge is 2.28. The monoisotopic (exact) mass is 654 g/mol. The van der Waals surface area contributed by atoms with Gasteiger partial charge in [0.1, 0.15) is 6.04 Å². The van der Waals surface area contributed by atoms with Crippen LogP contribution in [-0.2, 0) is 23.9 Å². The van der Waals surface area contributed by atoms with Crippen LogP contribution in [0.25, 0.3) is 0 Å². The minimum absolute atomic E-state index is 0.253. The number of hydrogen-bond donors (Lipinski definition) is 3. The van der Waals surface area contributed by atoms with Gasteiger partial charge in [-0.15, -0.1) is 0 Å². The largest absolute Gasteiger partial charge is 0.466 e. The Labute approximate surface area is 283 Å². The highest BCUT2D eigenvalue weighted by atomic mass is 16.5. The first-order valence-corrected chi connectivity index (χ1v) is 19.5. The topological polar surface area (TPSA) is 134 Å². The van der Waals surface area contributed by atoms with Crippen molar-refractivity contribution in [1.82, 2.24) is 5.32 Å². The highest BCUT2D eigenvalue weighted by molar-refractivity contribution is 5.90. The second kappa shape index (κ2) is 34.7. The summed E-state index contributed by atoms with van der Waals surface area (Å²) < 4.78 is 10.9. The van der Waals surface area contributed by atoms with Crippen molar-refractivity contribution < 1.29 is 23.9 Å². The molecule has 0 aromatic heterocycles. The third-order valence-electron chi connectivity index (χ3n) is 8.78. The molecular weight excluding hydrogens is 578 g/mol. The maximum atomic E-state index is 12.9. The molecule has 0 aliphatic heterocycles. The molecule has 0 unspecified atom stereocenters. The number of amides is 1. The number of rotatable bonds is 35. The molecule has 0 radical (unpaired) electrons. The van der Waals surface area contributed by atoms with Crippen molar-refractivity contribution >= 4 is 17.8 Å². The van der Waals surface area contributed by atoms with E-state index >= 15 is 0 Å². The van der Waals surface area contributed by atoms with E-state index in [1.165, 1.54) is 116 Å². The van der Waals surface area contributed by atoms with Gasteiger partial charge in [0.15, 0.2) is 0 Å². The average molecular weight is 654 g/mol. The number of carbonyl (C=O) groups is 3. The minimum atomic E-state index is -1.10. The molecule has 46 heavy (non-hydrogen) atoms. The van der Waals surface area contributed by atoms with Gasteiger partial charge in [0.05, 0.1) is 25.7 Å². The van der Waals surface area contributed by atoms with Crippen LogP contribution in [0.5, 0.6) is 0 Å². The van der Waals surface area contributed by atoms with Crippen molar-refractivity contribution in [3.63, 3.8) is 0 Å². The SMILES string of the molecule is CCCCCCCCCCCCCCOC(=O)C[C@H](NC(=O)[C@@H](N)CCCCN)C(=O)OCCCCCCCCCCCCCC. The van der Waals surface area contributed by atoms with E-state index in [0.717, 1.165) is 51.4 Å². The van der Waals surface area contributed by atoms with Crippen LogP contribution in [0.4, 0.5) is 0 Å². The van der Waals surface area contributed by atoms with Gasteiger partial charge in [-0.25, -0.2) is 4.79 Å². The lowest BCUT2D eigenvalue weighted by molar-refractivity contribution is -0.154. The van der Waals surface area contributed by atoms with Crippen LogP contribution in [0.15, 0.2) is 0 Å². The molecule has 0 saturated heterocycles. The molecule has 0 spiro atoms. The predicted molar refractivity (Wildman–Crippen MR) is 192 cm³/mol. The van der Waals surface area contributed by atoms with E-state index in [9.17, 15) is 14.4 Å². The molecule has 0 aromatic rings. The van der Waals surface area contributed by atoms with Gasteiger partial charge in [-0.05, 0) is 32.2 Å². The summed E-state index contributed by atoms with van der Waals surface area (Å²) in [6, 6.07) is -1.87. The summed E-state index contributed by atoms with van der Waals surface area (Å²) in [6.45, 7) is 5.63. The van der Waals surface area contributed by atoms with Gasteiger partial charge in [0.25, 0.3) is 0 Å². The van der Waals surface area contributed by atoms with Crippen LogP contribution in [0, 0.1) is 0 Å². The fourth-order valence-electron chi connectivity index (χ4n) is 5.68. The summed E-state index contributed by atoms with van der Waals surface area (Å²) >= 11 is 0. The first-order chi connectivity index (χ1) is 22.5. The Morgan fingerprint density at radius 2 is 0.935 bits per heavy atom. The number of carbonyl (C=O) groups excluding carboxylic acids is 3. The Hall–Kier alpha value is -1.67. The number of unbranched alkanes of at least 4 members (excludes halogenated alkanes) is 23. The molecule has 1 amide bonds. The number of esters is 2. The zero-order valence-electron chi connectivity index (χ0n) is 30.3. The van der Waals surface area contributed by atoms with E-state index in [-0.39, 0.29) is 13.0 Å². The maximum Gasteiger partial charge on any atom is 0.329 e. The maximum absolute atomic E-state index is 12.9. The lowest BCUT2D eigenvalue weighted by Crippen LogP contribution is -2.49. The van der Waals surface area contributed by atoms with Gasteiger partial charge in [-0.3, -0.25) is 9.59 Å². The summed E-state index contributed by atoms with van der Waals surface area (Å²) in [5, 5.41) is 2.65. The third kappa shape index (κ3) is 29.7. The first kappa shape index (κ1) is 44.3. The van der Waals surface area contributed by atoms with Crippen LogP contribution in [0.2, 0.25) is 0 Å². The second-order valence-corrected chi connectivity index (χ2v) is 13.3. The number of nitrogens with one attached hydrogen (secondary N) is 1. The molecule has 0 rings (SSSR count). The van der Waals surface area contributed by atoms with E-state index < -0.39 is 29.9 Å². The highest BCUT2D eigenvalue weighted by Crippen LogP contribution is 2.14. The Bertz CT molecular complexity index is 706. The first-order valence-electron chi connectivity index (χ1n) is 19.5. The van der Waals surface area contributed by atoms with E-state index in [1.54, 1.807) is 0 Å². The van der Waals surface area contributed by atoms with E-state index in [4.69, 9.17) is 20.9 Å². The molecule has 8 heteroatoms. The summed E-state index contributed by atoms with van der Waals surface area (Å²) in [5.41, 5.74) is 11.6. The lowest BCUT2D eigenvalue weighted by atomic mass is 10.1. The van der Waals surface area contributed by atoms with Gasteiger partial charge in [0, 0.05) is 0 Å². The molecule has 0 heterocycles. The second-order valence-electron chi connectivity index (χ2n) is 13.3. The standard InChI is InChI=1S/C38H75N3O5/c1-3-5-7-9-11-13-15-17-19-21-23-27-31-45-36(42)33-35(41-37(43)34(40)29-25-26-30-39)38(44)46-32-28-24-22-20-18-16-14-12-10-8-6-4-2/h34-35H,3-33,39-40H2,1-2H3,(H,41,43)/t34-,35-/m0/s1. The minimum Gasteiger partial charge on any atom is -0.466 e. The van der Waals surface area contributed by atoms with E-state index in [0.29, 0.717) is 19.6 Å². The van der Waals surface area contributed by atoms with Gasteiger partial charge in [-0.2, -0.15) is 0 Å². The molecule has 8 nitrogen and oxygen atoms in total. The van der Waals surface area contributed by atoms with Gasteiger partial charge in [0.2, 0.25) is 5.91 Å². The van der Waals surface area contributed by atoms with E-state index in [1.807, 2.05) is 0 Å². The molecule has 0 saturated carbocycles. The quantitative estimate of drug-likeness (QED) is 0.0460.